The number of rotatable bonds is 3. The average molecular weight is 334 g/mol. The molecule has 0 spiro atoms. The van der Waals surface area contributed by atoms with Gasteiger partial charge in [-0.15, -0.1) is 0 Å². The zero-order valence-electron chi connectivity index (χ0n) is 12.0. The number of carbonyl (C=O) groups excluding carboxylic acids is 2. The second kappa shape index (κ2) is 6.34. The molecule has 1 atom stereocenters. The molecule has 1 aromatic carbocycles. The predicted molar refractivity (Wildman–Crippen MR) is 83.9 cm³/mol. The number of amides is 2. The number of benzene rings is 1. The molecule has 5 nitrogen and oxygen atoms in total. The molecule has 1 fully saturated rings. The van der Waals surface area contributed by atoms with Gasteiger partial charge < -0.3 is 10.2 Å². The van der Waals surface area contributed by atoms with Crippen molar-refractivity contribution in [2.24, 2.45) is 0 Å². The third-order valence-corrected chi connectivity index (χ3v) is 3.97. The largest absolute Gasteiger partial charge is 0.340 e. The van der Waals surface area contributed by atoms with Crippen LogP contribution in [0.25, 0.3) is 0 Å². The van der Waals surface area contributed by atoms with E-state index in [-0.39, 0.29) is 16.8 Å². The summed E-state index contributed by atoms with van der Waals surface area (Å²) in [5.41, 5.74) is 0.862. The van der Waals surface area contributed by atoms with Crippen LogP contribution in [0.3, 0.4) is 0 Å². The van der Waals surface area contributed by atoms with E-state index in [4.69, 9.17) is 11.6 Å². The lowest BCUT2D eigenvalue weighted by Gasteiger charge is -2.17. The van der Waals surface area contributed by atoms with Gasteiger partial charge in [-0.1, -0.05) is 11.6 Å². The number of nitrogens with zero attached hydrogens (tertiary/aromatic N) is 2. The predicted octanol–water partition coefficient (Wildman–Crippen LogP) is 2.41. The summed E-state index contributed by atoms with van der Waals surface area (Å²) in [4.78, 5) is 29.8. The molecule has 1 aromatic heterocycles. The maximum absolute atomic E-state index is 13.5. The molecule has 1 N–H and O–H groups in total. The van der Waals surface area contributed by atoms with E-state index in [0.29, 0.717) is 24.2 Å². The normalized spacial score (nSPS) is 17.4. The Bertz CT molecular complexity index is 754. The van der Waals surface area contributed by atoms with Crippen molar-refractivity contribution < 1.29 is 14.0 Å². The van der Waals surface area contributed by atoms with Gasteiger partial charge in [0.15, 0.2) is 0 Å². The van der Waals surface area contributed by atoms with Crippen LogP contribution in [-0.4, -0.2) is 29.4 Å². The molecule has 1 unspecified atom stereocenters. The fourth-order valence-electron chi connectivity index (χ4n) is 2.47. The molecular formula is C16H13ClFN3O2. The summed E-state index contributed by atoms with van der Waals surface area (Å²) in [6.07, 6.45) is 3.47. The highest BCUT2D eigenvalue weighted by Crippen LogP contribution is 2.25. The van der Waals surface area contributed by atoms with Gasteiger partial charge in [0.2, 0.25) is 5.91 Å². The van der Waals surface area contributed by atoms with E-state index >= 15 is 0 Å². The van der Waals surface area contributed by atoms with Crippen LogP contribution in [0.5, 0.6) is 0 Å². The highest BCUT2D eigenvalue weighted by Gasteiger charge is 2.34. The van der Waals surface area contributed by atoms with E-state index in [2.05, 4.69) is 10.3 Å². The molecule has 1 aliphatic heterocycles. The first-order chi connectivity index (χ1) is 11.1. The highest BCUT2D eigenvalue weighted by atomic mass is 35.5. The topological polar surface area (TPSA) is 62.3 Å². The van der Waals surface area contributed by atoms with Crippen LogP contribution in [-0.2, 0) is 4.79 Å². The van der Waals surface area contributed by atoms with Gasteiger partial charge in [0.05, 0.1) is 5.02 Å². The van der Waals surface area contributed by atoms with Crippen LogP contribution < -0.4 is 10.2 Å². The first kappa shape index (κ1) is 15.4. The quantitative estimate of drug-likeness (QED) is 0.938. The summed E-state index contributed by atoms with van der Waals surface area (Å²) in [6.45, 7) is 0.404. The zero-order chi connectivity index (χ0) is 16.4. The van der Waals surface area contributed by atoms with Crippen molar-refractivity contribution >= 4 is 29.1 Å². The SMILES string of the molecule is O=C(NC1CCN(c2ccc(Cl)c(F)c2)C1=O)c1ccncc1. The highest BCUT2D eigenvalue weighted by molar-refractivity contribution is 6.30. The molecule has 0 aliphatic carbocycles. The smallest absolute Gasteiger partial charge is 0.252 e. The number of pyridine rings is 1. The minimum atomic E-state index is -0.630. The van der Waals surface area contributed by atoms with E-state index in [1.807, 2.05) is 0 Å². The van der Waals surface area contributed by atoms with Crippen molar-refractivity contribution in [3.05, 3.63) is 59.1 Å². The average Bonchev–Trinajstić information content (AvgIpc) is 2.92. The number of hydrogen-bond donors (Lipinski definition) is 1. The molecule has 3 rings (SSSR count). The maximum Gasteiger partial charge on any atom is 0.252 e. The molecule has 1 aliphatic rings. The van der Waals surface area contributed by atoms with Crippen molar-refractivity contribution in [1.82, 2.24) is 10.3 Å². The Morgan fingerprint density at radius 2 is 2.04 bits per heavy atom. The van der Waals surface area contributed by atoms with Gasteiger partial charge in [-0.3, -0.25) is 14.6 Å². The van der Waals surface area contributed by atoms with Crippen LogP contribution in [0.15, 0.2) is 42.7 Å². The number of aromatic nitrogens is 1. The monoisotopic (exact) mass is 333 g/mol. The van der Waals surface area contributed by atoms with E-state index < -0.39 is 11.9 Å². The molecule has 0 radical (unpaired) electrons. The molecular weight excluding hydrogens is 321 g/mol. The van der Waals surface area contributed by atoms with Crippen molar-refractivity contribution in [3.63, 3.8) is 0 Å². The number of anilines is 1. The Hall–Kier alpha value is -2.47. The zero-order valence-corrected chi connectivity index (χ0v) is 12.8. The minimum Gasteiger partial charge on any atom is -0.340 e. The Morgan fingerprint density at radius 1 is 1.30 bits per heavy atom. The third kappa shape index (κ3) is 3.17. The van der Waals surface area contributed by atoms with Crippen LogP contribution in [0, 0.1) is 5.82 Å². The minimum absolute atomic E-state index is 0.00272. The first-order valence-electron chi connectivity index (χ1n) is 7.03. The summed E-state index contributed by atoms with van der Waals surface area (Å²) >= 11 is 5.65. The van der Waals surface area contributed by atoms with Gasteiger partial charge in [-0.05, 0) is 36.8 Å². The molecule has 2 heterocycles. The molecule has 23 heavy (non-hydrogen) atoms. The lowest BCUT2D eigenvalue weighted by molar-refractivity contribution is -0.118. The molecule has 7 heteroatoms. The van der Waals surface area contributed by atoms with Gasteiger partial charge in [0, 0.05) is 30.2 Å². The van der Waals surface area contributed by atoms with Crippen molar-refractivity contribution in [2.75, 3.05) is 11.4 Å². The first-order valence-corrected chi connectivity index (χ1v) is 7.41. The maximum atomic E-state index is 13.5. The van der Waals surface area contributed by atoms with E-state index in [0.717, 1.165) is 0 Å². The number of halogens is 2. The molecule has 2 amide bonds. The fraction of sp³-hybridized carbons (Fsp3) is 0.188. The van der Waals surface area contributed by atoms with Gasteiger partial charge in [-0.25, -0.2) is 4.39 Å². The Labute approximate surface area is 137 Å². The molecule has 118 valence electrons. The summed E-state index contributed by atoms with van der Waals surface area (Å²) < 4.78 is 13.5. The standard InChI is InChI=1S/C16H13ClFN3O2/c17-12-2-1-11(9-13(12)18)21-8-5-14(16(21)23)20-15(22)10-3-6-19-7-4-10/h1-4,6-7,9,14H,5,8H2,(H,20,22). The van der Waals surface area contributed by atoms with Crippen LogP contribution in [0.1, 0.15) is 16.8 Å². The van der Waals surface area contributed by atoms with Crippen LogP contribution in [0.2, 0.25) is 5.02 Å². The number of carbonyl (C=O) groups is 2. The van der Waals surface area contributed by atoms with E-state index in [1.54, 1.807) is 18.2 Å². The lowest BCUT2D eigenvalue weighted by Crippen LogP contribution is -2.41. The second-order valence-electron chi connectivity index (χ2n) is 5.14. The molecule has 1 saturated heterocycles. The summed E-state index contributed by atoms with van der Waals surface area (Å²) in [5.74, 6) is -1.19. The number of hydrogen-bond acceptors (Lipinski definition) is 3. The Balaban J connectivity index is 1.71. The van der Waals surface area contributed by atoms with Crippen molar-refractivity contribution in [2.45, 2.75) is 12.5 Å². The molecule has 0 bridgehead atoms. The molecule has 2 aromatic rings. The summed E-state index contributed by atoms with van der Waals surface area (Å²) in [5, 5.41) is 2.70. The fourth-order valence-corrected chi connectivity index (χ4v) is 2.59. The second-order valence-corrected chi connectivity index (χ2v) is 5.55. The Morgan fingerprint density at radius 3 is 2.74 bits per heavy atom. The van der Waals surface area contributed by atoms with Gasteiger partial charge in [0.25, 0.3) is 5.91 Å². The Kier molecular flexibility index (Phi) is 4.25. The lowest BCUT2D eigenvalue weighted by atomic mass is 10.2. The summed E-state index contributed by atoms with van der Waals surface area (Å²) in [7, 11) is 0. The summed E-state index contributed by atoms with van der Waals surface area (Å²) in [6, 6.07) is 6.71. The van der Waals surface area contributed by atoms with Crippen molar-refractivity contribution in [1.29, 1.82) is 0 Å². The van der Waals surface area contributed by atoms with Gasteiger partial charge in [0.1, 0.15) is 11.9 Å². The van der Waals surface area contributed by atoms with Gasteiger partial charge >= 0.3 is 0 Å². The van der Waals surface area contributed by atoms with Crippen molar-refractivity contribution in [3.8, 4) is 0 Å². The van der Waals surface area contributed by atoms with Crippen LogP contribution in [0.4, 0.5) is 10.1 Å². The third-order valence-electron chi connectivity index (χ3n) is 3.67. The van der Waals surface area contributed by atoms with E-state index in [9.17, 15) is 14.0 Å². The molecule has 0 saturated carbocycles. The van der Waals surface area contributed by atoms with Crippen LogP contribution >= 0.6 is 11.6 Å². The van der Waals surface area contributed by atoms with E-state index in [1.165, 1.54) is 29.4 Å². The number of nitrogens with one attached hydrogen (secondary N) is 1. The van der Waals surface area contributed by atoms with Gasteiger partial charge in [-0.2, -0.15) is 0 Å².